The summed E-state index contributed by atoms with van der Waals surface area (Å²) in [5, 5.41) is 6.56. The molecule has 1 unspecified atom stereocenters. The van der Waals surface area contributed by atoms with E-state index in [0.717, 1.165) is 26.0 Å². The van der Waals surface area contributed by atoms with Crippen molar-refractivity contribution in [3.05, 3.63) is 97.1 Å². The van der Waals surface area contributed by atoms with Gasteiger partial charge in [0.2, 0.25) is 0 Å². The van der Waals surface area contributed by atoms with E-state index in [1.54, 1.807) is 23.9 Å². The molecule has 0 radical (unpaired) electrons. The molecule has 1 saturated heterocycles. The minimum Gasteiger partial charge on any atom is -0.355 e. The molecular weight excluding hydrogens is 595 g/mol. The predicted octanol–water partition coefficient (Wildman–Crippen LogP) is 6.61. The molecule has 3 aromatic carbocycles. The lowest BCUT2D eigenvalue weighted by atomic mass is 9.98. The first-order valence-corrected chi connectivity index (χ1v) is 13.7. The smallest absolute Gasteiger partial charge is 0.256 e. The molecule has 1 aliphatic rings. The molecule has 5 nitrogen and oxygen atoms in total. The van der Waals surface area contributed by atoms with Crippen LogP contribution in [0.5, 0.6) is 0 Å². The molecule has 0 saturated carbocycles. The van der Waals surface area contributed by atoms with Gasteiger partial charge < -0.3 is 15.4 Å². The van der Waals surface area contributed by atoms with E-state index in [2.05, 4.69) is 33.2 Å². The molecule has 35 heavy (non-hydrogen) atoms. The van der Waals surface area contributed by atoms with Crippen molar-refractivity contribution in [2.75, 3.05) is 17.7 Å². The highest BCUT2D eigenvalue weighted by Crippen LogP contribution is 2.48. The van der Waals surface area contributed by atoms with Crippen LogP contribution in [0.1, 0.15) is 51.3 Å². The number of anilines is 1. The highest BCUT2D eigenvalue weighted by Gasteiger charge is 2.40. The van der Waals surface area contributed by atoms with Crippen molar-refractivity contribution in [1.29, 1.82) is 0 Å². The third kappa shape index (κ3) is 5.53. The van der Waals surface area contributed by atoms with Gasteiger partial charge in [-0.05, 0) is 96.5 Å². The van der Waals surface area contributed by atoms with Crippen LogP contribution in [0.15, 0.2) is 60.7 Å². The van der Waals surface area contributed by atoms with Crippen molar-refractivity contribution in [3.63, 3.8) is 0 Å². The molecule has 0 aromatic heterocycles. The van der Waals surface area contributed by atoms with Gasteiger partial charge >= 0.3 is 0 Å². The number of aryl methyl sites for hydroxylation is 1. The second-order valence-electron chi connectivity index (χ2n) is 8.59. The molecular formula is C27H26ClIN2O3S. The molecule has 3 aromatic rings. The lowest BCUT2D eigenvalue weighted by Crippen LogP contribution is -2.32. The summed E-state index contributed by atoms with van der Waals surface area (Å²) in [6, 6.07) is 18.9. The van der Waals surface area contributed by atoms with E-state index >= 15 is 0 Å². The summed E-state index contributed by atoms with van der Waals surface area (Å²) in [5.74, 6) is 0.295. The van der Waals surface area contributed by atoms with Crippen LogP contribution in [0.2, 0.25) is 5.02 Å². The van der Waals surface area contributed by atoms with E-state index in [4.69, 9.17) is 16.3 Å². The second kappa shape index (κ2) is 10.9. The van der Waals surface area contributed by atoms with Crippen molar-refractivity contribution < 1.29 is 14.3 Å². The zero-order valence-electron chi connectivity index (χ0n) is 19.7. The number of carbonyl (C=O) groups is 2. The van der Waals surface area contributed by atoms with Gasteiger partial charge in [0.05, 0.1) is 17.7 Å². The maximum absolute atomic E-state index is 13.3. The average molecular weight is 621 g/mol. The number of thioether (sulfide) groups is 1. The van der Waals surface area contributed by atoms with E-state index < -0.39 is 4.93 Å². The average Bonchev–Trinajstić information content (AvgIpc) is 3.31. The molecule has 0 aliphatic carbocycles. The van der Waals surface area contributed by atoms with Crippen molar-refractivity contribution in [2.24, 2.45) is 0 Å². The van der Waals surface area contributed by atoms with Gasteiger partial charge in [-0.3, -0.25) is 9.59 Å². The summed E-state index contributed by atoms with van der Waals surface area (Å²) in [7, 11) is 0. The van der Waals surface area contributed by atoms with E-state index in [1.165, 1.54) is 0 Å². The Labute approximate surface area is 228 Å². The zero-order chi connectivity index (χ0) is 25.2. The number of nitrogens with one attached hydrogen (secondary N) is 2. The predicted molar refractivity (Wildman–Crippen MR) is 152 cm³/mol. The van der Waals surface area contributed by atoms with Gasteiger partial charge in [-0.15, -0.1) is 11.8 Å². The number of halogens is 2. The van der Waals surface area contributed by atoms with Crippen LogP contribution in [0, 0.1) is 10.5 Å². The van der Waals surface area contributed by atoms with Gasteiger partial charge in [0, 0.05) is 26.1 Å². The highest BCUT2D eigenvalue weighted by atomic mass is 127. The molecule has 1 heterocycles. The lowest BCUT2D eigenvalue weighted by Gasteiger charge is -2.29. The van der Waals surface area contributed by atoms with Crippen LogP contribution in [0.4, 0.5) is 5.69 Å². The minimum absolute atomic E-state index is 0.0344. The first-order chi connectivity index (χ1) is 16.7. The van der Waals surface area contributed by atoms with Gasteiger partial charge in [0.15, 0.2) is 4.93 Å². The molecule has 1 aliphatic heterocycles. The third-order valence-corrected chi connectivity index (χ3v) is 8.20. The summed E-state index contributed by atoms with van der Waals surface area (Å²) in [6.45, 7) is 6.39. The number of hydrogen-bond acceptors (Lipinski definition) is 4. The quantitative estimate of drug-likeness (QED) is 0.305. The topological polar surface area (TPSA) is 67.4 Å². The molecule has 4 rings (SSSR count). The van der Waals surface area contributed by atoms with Gasteiger partial charge in [0.1, 0.15) is 0 Å². The molecule has 1 fully saturated rings. The van der Waals surface area contributed by atoms with Gasteiger partial charge in [-0.2, -0.15) is 0 Å². The minimum atomic E-state index is -0.616. The molecule has 8 heteroatoms. The summed E-state index contributed by atoms with van der Waals surface area (Å²) >= 11 is 9.94. The van der Waals surface area contributed by atoms with Crippen LogP contribution in [-0.4, -0.2) is 30.2 Å². The molecule has 2 N–H and O–H groups in total. The maximum atomic E-state index is 13.3. The SMILES string of the molecule is Cc1cc(C2(c3ccc(Cl)cc3)OCCS2)ccc1NC(=O)c1cccc(I)c1C(=O)NC(C)C. The summed E-state index contributed by atoms with van der Waals surface area (Å²) in [6.07, 6.45) is 0. The van der Waals surface area contributed by atoms with Gasteiger partial charge in [-0.25, -0.2) is 0 Å². The Morgan fingerprint density at radius 2 is 1.77 bits per heavy atom. The monoisotopic (exact) mass is 620 g/mol. The van der Waals surface area contributed by atoms with Crippen molar-refractivity contribution in [1.82, 2.24) is 5.32 Å². The van der Waals surface area contributed by atoms with Crippen molar-refractivity contribution in [3.8, 4) is 0 Å². The number of benzene rings is 3. The Morgan fingerprint density at radius 1 is 1.06 bits per heavy atom. The molecule has 0 spiro atoms. The number of hydrogen-bond donors (Lipinski definition) is 2. The largest absolute Gasteiger partial charge is 0.355 e. The molecule has 2 amide bonds. The molecule has 0 bridgehead atoms. The van der Waals surface area contributed by atoms with Crippen molar-refractivity contribution >= 4 is 63.5 Å². The van der Waals surface area contributed by atoms with Crippen LogP contribution in [0.3, 0.4) is 0 Å². The second-order valence-corrected chi connectivity index (χ2v) is 11.5. The first kappa shape index (κ1) is 26.0. The van der Waals surface area contributed by atoms with Crippen LogP contribution < -0.4 is 10.6 Å². The normalized spacial score (nSPS) is 17.4. The fourth-order valence-corrected chi connectivity index (χ4v) is 6.14. The van der Waals surface area contributed by atoms with Gasteiger partial charge in [0.25, 0.3) is 11.8 Å². The van der Waals surface area contributed by atoms with E-state index in [1.807, 2.05) is 69.3 Å². The summed E-state index contributed by atoms with van der Waals surface area (Å²) in [5.41, 5.74) is 4.34. The van der Waals surface area contributed by atoms with E-state index in [0.29, 0.717) is 28.4 Å². The lowest BCUT2D eigenvalue weighted by molar-refractivity contribution is 0.0808. The van der Waals surface area contributed by atoms with Crippen LogP contribution in [-0.2, 0) is 9.67 Å². The van der Waals surface area contributed by atoms with Crippen LogP contribution in [0.25, 0.3) is 0 Å². The fraction of sp³-hybridized carbons (Fsp3) is 0.259. The van der Waals surface area contributed by atoms with E-state index in [9.17, 15) is 9.59 Å². The Balaban J connectivity index is 1.63. The number of carbonyl (C=O) groups excluding carboxylic acids is 2. The Bertz CT molecular complexity index is 1260. The zero-order valence-corrected chi connectivity index (χ0v) is 23.4. The first-order valence-electron chi connectivity index (χ1n) is 11.3. The Hall–Kier alpha value is -2.07. The summed E-state index contributed by atoms with van der Waals surface area (Å²) < 4.78 is 6.99. The highest BCUT2D eigenvalue weighted by molar-refractivity contribution is 14.1. The Kier molecular flexibility index (Phi) is 8.10. The number of ether oxygens (including phenoxy) is 1. The standard InChI is InChI=1S/C27H26ClIN2O3S/c1-16(2)30-26(33)24-21(5-4-6-22(24)29)25(32)31-23-12-9-19(15-17(23)3)27(34-13-14-35-27)18-7-10-20(28)11-8-18/h4-12,15-16H,13-14H2,1-3H3,(H,30,33)(H,31,32). The molecule has 1 atom stereocenters. The van der Waals surface area contributed by atoms with Gasteiger partial charge in [-0.1, -0.05) is 35.9 Å². The summed E-state index contributed by atoms with van der Waals surface area (Å²) in [4.78, 5) is 25.4. The third-order valence-electron chi connectivity index (χ3n) is 5.68. The van der Waals surface area contributed by atoms with Crippen LogP contribution >= 0.6 is 46.0 Å². The van der Waals surface area contributed by atoms with E-state index in [-0.39, 0.29) is 17.9 Å². The molecule has 182 valence electrons. The maximum Gasteiger partial charge on any atom is 0.256 e. The number of rotatable bonds is 6. The Morgan fingerprint density at radius 3 is 2.40 bits per heavy atom. The fourth-order valence-electron chi connectivity index (χ4n) is 4.06. The number of amides is 2. The van der Waals surface area contributed by atoms with Crippen molar-refractivity contribution in [2.45, 2.75) is 31.7 Å².